The van der Waals surface area contributed by atoms with E-state index in [0.717, 1.165) is 6.07 Å². The number of hydrogen-bond donors (Lipinski definition) is 1. The third kappa shape index (κ3) is 3.97. The molecule has 0 bridgehead atoms. The monoisotopic (exact) mass is 445 g/mol. The number of hydrogen-bond acceptors (Lipinski definition) is 3. The van der Waals surface area contributed by atoms with Crippen LogP contribution in [0.5, 0.6) is 0 Å². The maximum absolute atomic E-state index is 14.4. The first-order chi connectivity index (χ1) is 16.0. The molecule has 1 aliphatic carbocycles. The highest BCUT2D eigenvalue weighted by Gasteiger charge is 2.31. The number of piperidine rings is 1. The lowest BCUT2D eigenvalue weighted by Crippen LogP contribution is -2.38. The molecule has 1 amide bonds. The summed E-state index contributed by atoms with van der Waals surface area (Å²) < 4.78 is 20.2. The number of benzene rings is 3. The summed E-state index contributed by atoms with van der Waals surface area (Å²) in [4.78, 5) is 25.5. The first kappa shape index (κ1) is 21.2. The molecule has 0 radical (unpaired) electrons. The van der Waals surface area contributed by atoms with Crippen LogP contribution in [0.2, 0.25) is 0 Å². The Morgan fingerprint density at radius 3 is 2.09 bits per heavy atom. The summed E-state index contributed by atoms with van der Waals surface area (Å²) in [5, 5.41) is 9.02. The number of carboxylic acids is 1. The molecule has 33 heavy (non-hydrogen) atoms. The molecule has 168 valence electrons. The number of halogens is 1. The summed E-state index contributed by atoms with van der Waals surface area (Å²) in [7, 11) is 0. The molecule has 5 nitrogen and oxygen atoms in total. The van der Waals surface area contributed by atoms with Crippen molar-refractivity contribution in [1.82, 2.24) is 4.90 Å². The Bertz CT molecular complexity index is 1170. The van der Waals surface area contributed by atoms with Crippen LogP contribution in [0.3, 0.4) is 0 Å². The van der Waals surface area contributed by atoms with Crippen molar-refractivity contribution in [2.24, 2.45) is 0 Å². The van der Waals surface area contributed by atoms with E-state index in [9.17, 15) is 14.0 Å². The second-order valence-corrected chi connectivity index (χ2v) is 8.61. The molecule has 2 aliphatic rings. The number of aromatic carboxylic acids is 1. The van der Waals surface area contributed by atoms with Crippen molar-refractivity contribution in [1.29, 1.82) is 0 Å². The van der Waals surface area contributed by atoms with Gasteiger partial charge in [0.1, 0.15) is 12.4 Å². The highest BCUT2D eigenvalue weighted by atomic mass is 19.1. The van der Waals surface area contributed by atoms with Crippen molar-refractivity contribution < 1.29 is 23.8 Å². The van der Waals surface area contributed by atoms with Gasteiger partial charge < -0.3 is 14.7 Å². The molecule has 6 heteroatoms. The molecule has 0 spiro atoms. The lowest BCUT2D eigenvalue weighted by molar-refractivity contribution is 0.0695. The predicted molar refractivity (Wildman–Crippen MR) is 122 cm³/mol. The van der Waals surface area contributed by atoms with Gasteiger partial charge in [0.15, 0.2) is 0 Å². The molecular formula is C27H24FNO4. The van der Waals surface area contributed by atoms with E-state index >= 15 is 0 Å². The van der Waals surface area contributed by atoms with Gasteiger partial charge in [-0.15, -0.1) is 0 Å². The Labute approximate surface area is 191 Å². The minimum Gasteiger partial charge on any atom is -0.478 e. The molecule has 1 saturated heterocycles. The van der Waals surface area contributed by atoms with Gasteiger partial charge in [-0.25, -0.2) is 14.0 Å². The summed E-state index contributed by atoms with van der Waals surface area (Å²) >= 11 is 0. The highest BCUT2D eigenvalue weighted by molar-refractivity contribution is 5.87. The zero-order valence-electron chi connectivity index (χ0n) is 18.0. The van der Waals surface area contributed by atoms with Crippen LogP contribution in [0.4, 0.5) is 9.18 Å². The van der Waals surface area contributed by atoms with Crippen LogP contribution in [-0.2, 0) is 4.74 Å². The van der Waals surface area contributed by atoms with Gasteiger partial charge in [-0.1, -0.05) is 54.6 Å². The fraction of sp³-hybridized carbons (Fsp3) is 0.259. The Hall–Kier alpha value is -3.67. The van der Waals surface area contributed by atoms with Crippen molar-refractivity contribution in [3.8, 4) is 11.1 Å². The number of rotatable bonds is 4. The average Bonchev–Trinajstić information content (AvgIpc) is 3.16. The Kier molecular flexibility index (Phi) is 5.58. The van der Waals surface area contributed by atoms with Gasteiger partial charge in [-0.05, 0) is 58.7 Å². The van der Waals surface area contributed by atoms with E-state index in [-0.39, 0.29) is 30.1 Å². The van der Waals surface area contributed by atoms with E-state index in [4.69, 9.17) is 9.84 Å². The van der Waals surface area contributed by atoms with E-state index < -0.39 is 11.8 Å². The van der Waals surface area contributed by atoms with Crippen molar-refractivity contribution >= 4 is 12.1 Å². The van der Waals surface area contributed by atoms with E-state index in [2.05, 4.69) is 24.3 Å². The second-order valence-electron chi connectivity index (χ2n) is 8.61. The van der Waals surface area contributed by atoms with Gasteiger partial charge in [0.05, 0.1) is 5.56 Å². The first-order valence-corrected chi connectivity index (χ1v) is 11.2. The first-order valence-electron chi connectivity index (χ1n) is 11.2. The maximum atomic E-state index is 14.4. The molecule has 1 N–H and O–H groups in total. The summed E-state index contributed by atoms with van der Waals surface area (Å²) in [6.07, 6.45) is 0.859. The lowest BCUT2D eigenvalue weighted by atomic mass is 9.88. The molecule has 0 atom stereocenters. The van der Waals surface area contributed by atoms with Crippen molar-refractivity contribution in [3.63, 3.8) is 0 Å². The fourth-order valence-electron chi connectivity index (χ4n) is 5.05. The summed E-state index contributed by atoms with van der Waals surface area (Å²) in [6.45, 7) is 1.22. The zero-order valence-corrected chi connectivity index (χ0v) is 18.0. The number of likely N-dealkylation sites (tertiary alicyclic amines) is 1. The number of carbonyl (C=O) groups excluding carboxylic acids is 1. The number of amides is 1. The van der Waals surface area contributed by atoms with E-state index in [1.54, 1.807) is 11.0 Å². The van der Waals surface area contributed by atoms with Crippen LogP contribution in [0.25, 0.3) is 11.1 Å². The van der Waals surface area contributed by atoms with Gasteiger partial charge in [-0.3, -0.25) is 0 Å². The van der Waals surface area contributed by atoms with Crippen LogP contribution in [0, 0.1) is 5.82 Å². The van der Waals surface area contributed by atoms with Crippen molar-refractivity contribution in [2.45, 2.75) is 24.7 Å². The molecule has 3 aromatic rings. The van der Waals surface area contributed by atoms with Crippen LogP contribution >= 0.6 is 0 Å². The Morgan fingerprint density at radius 2 is 1.52 bits per heavy atom. The Balaban J connectivity index is 1.21. The number of ether oxygens (including phenoxy) is 1. The molecular weight excluding hydrogens is 421 g/mol. The van der Waals surface area contributed by atoms with E-state index in [0.29, 0.717) is 31.5 Å². The molecule has 0 aromatic heterocycles. The molecule has 3 aromatic carbocycles. The molecule has 1 aliphatic heterocycles. The van der Waals surface area contributed by atoms with E-state index in [1.165, 1.54) is 28.3 Å². The second kappa shape index (κ2) is 8.70. The van der Waals surface area contributed by atoms with Crippen LogP contribution in [0.15, 0.2) is 66.7 Å². The third-order valence-corrected chi connectivity index (χ3v) is 6.78. The normalized spacial score (nSPS) is 15.7. The van der Waals surface area contributed by atoms with Gasteiger partial charge >= 0.3 is 12.1 Å². The quantitative estimate of drug-likeness (QED) is 0.563. The largest absolute Gasteiger partial charge is 0.478 e. The molecule has 0 saturated carbocycles. The van der Waals surface area contributed by atoms with Gasteiger partial charge in [0.25, 0.3) is 0 Å². The average molecular weight is 445 g/mol. The number of nitrogens with zero attached hydrogens (tertiary/aromatic N) is 1. The minimum atomic E-state index is -1.15. The van der Waals surface area contributed by atoms with Gasteiger partial charge in [0, 0.05) is 19.0 Å². The standard InChI is InChI=1S/C27H24FNO4/c28-25-15-18(26(30)31)9-10-19(25)17-11-13-29(14-12-17)27(32)33-16-24-22-7-3-1-5-20(22)21-6-2-4-8-23(21)24/h1-10,15,17,24H,11-14,16H2,(H,30,31). The van der Waals surface area contributed by atoms with Crippen LogP contribution in [-0.4, -0.2) is 41.8 Å². The fourth-order valence-corrected chi connectivity index (χ4v) is 5.05. The van der Waals surface area contributed by atoms with Crippen molar-refractivity contribution in [2.75, 3.05) is 19.7 Å². The van der Waals surface area contributed by atoms with Gasteiger partial charge in [-0.2, -0.15) is 0 Å². The maximum Gasteiger partial charge on any atom is 0.409 e. The van der Waals surface area contributed by atoms with Crippen molar-refractivity contribution in [3.05, 3.63) is 94.8 Å². The topological polar surface area (TPSA) is 66.8 Å². The molecule has 1 fully saturated rings. The minimum absolute atomic E-state index is 0.0146. The highest BCUT2D eigenvalue weighted by Crippen LogP contribution is 2.44. The zero-order chi connectivity index (χ0) is 22.9. The van der Waals surface area contributed by atoms with Crippen LogP contribution < -0.4 is 0 Å². The summed E-state index contributed by atoms with van der Waals surface area (Å²) in [5.41, 5.74) is 5.16. The molecule has 0 unspecified atom stereocenters. The SMILES string of the molecule is O=C(O)c1ccc(C2CCN(C(=O)OCC3c4ccccc4-c4ccccc43)CC2)c(F)c1. The predicted octanol–water partition coefficient (Wildman–Crippen LogP) is 5.65. The smallest absolute Gasteiger partial charge is 0.409 e. The number of carboxylic acid groups (broad SMARTS) is 1. The number of carbonyl (C=O) groups is 2. The van der Waals surface area contributed by atoms with E-state index in [1.807, 2.05) is 24.3 Å². The Morgan fingerprint density at radius 1 is 0.909 bits per heavy atom. The third-order valence-electron chi connectivity index (χ3n) is 6.78. The van der Waals surface area contributed by atoms with Crippen LogP contribution in [0.1, 0.15) is 51.7 Å². The lowest BCUT2D eigenvalue weighted by Gasteiger charge is -2.32. The van der Waals surface area contributed by atoms with Gasteiger partial charge in [0.2, 0.25) is 0 Å². The number of fused-ring (bicyclic) bond motifs is 3. The summed E-state index contributed by atoms with van der Waals surface area (Å²) in [6, 6.07) is 20.5. The summed E-state index contributed by atoms with van der Waals surface area (Å²) in [5.74, 6) is -1.69. The molecule has 5 rings (SSSR count). The molecule has 1 heterocycles.